The molecular weight excluding hydrogens is 342 g/mol. The highest BCUT2D eigenvalue weighted by atomic mass is 32.2. The first-order valence-electron chi connectivity index (χ1n) is 6.60. The predicted molar refractivity (Wildman–Crippen MR) is 81.0 cm³/mol. The van der Waals surface area contributed by atoms with Gasteiger partial charge in [-0.1, -0.05) is 23.9 Å². The van der Waals surface area contributed by atoms with Gasteiger partial charge in [0.25, 0.3) is 0 Å². The lowest BCUT2D eigenvalue weighted by molar-refractivity contribution is -0.255. The molecule has 6 nitrogen and oxygen atoms in total. The van der Waals surface area contributed by atoms with E-state index in [2.05, 4.69) is 15.0 Å². The highest BCUT2D eigenvalue weighted by Gasteiger charge is 2.13. The molecule has 1 amide bonds. The van der Waals surface area contributed by atoms with E-state index in [1.165, 1.54) is 36.5 Å². The van der Waals surface area contributed by atoms with Crippen molar-refractivity contribution in [2.24, 2.45) is 0 Å². The second-order valence-electron chi connectivity index (χ2n) is 4.36. The van der Waals surface area contributed by atoms with E-state index >= 15 is 0 Å². The fourth-order valence-electron chi connectivity index (χ4n) is 1.75. The zero-order chi connectivity index (χ0) is 17.5. The molecule has 0 saturated heterocycles. The Kier molecular flexibility index (Phi) is 6.07. The summed E-state index contributed by atoms with van der Waals surface area (Å²) in [5.41, 5.74) is -0.0405. The van der Waals surface area contributed by atoms with E-state index in [0.29, 0.717) is 0 Å². The van der Waals surface area contributed by atoms with Gasteiger partial charge in [-0.15, -0.1) is 0 Å². The number of pyridine rings is 1. The number of aromatic nitrogens is 1. The van der Waals surface area contributed by atoms with Crippen molar-refractivity contribution in [3.8, 4) is 5.75 Å². The molecule has 0 spiro atoms. The highest BCUT2D eigenvalue weighted by molar-refractivity contribution is 8.00. The van der Waals surface area contributed by atoms with Crippen molar-refractivity contribution in [1.82, 2.24) is 4.98 Å². The molecule has 1 aromatic heterocycles. The van der Waals surface area contributed by atoms with Gasteiger partial charge in [0.1, 0.15) is 10.8 Å². The molecule has 24 heavy (non-hydrogen) atoms. The van der Waals surface area contributed by atoms with Gasteiger partial charge in [0, 0.05) is 11.8 Å². The zero-order valence-electron chi connectivity index (χ0n) is 12.1. The van der Waals surface area contributed by atoms with E-state index in [1.807, 2.05) is 0 Å². The smallest absolute Gasteiger partial charge is 0.387 e. The number of aromatic carboxylic acids is 1. The molecule has 2 aromatic rings. The summed E-state index contributed by atoms with van der Waals surface area (Å²) in [5.74, 6) is -2.26. The highest BCUT2D eigenvalue weighted by Crippen LogP contribution is 2.26. The molecule has 0 atom stereocenters. The maximum Gasteiger partial charge on any atom is 0.387 e. The van der Waals surface area contributed by atoms with Crippen molar-refractivity contribution in [1.29, 1.82) is 0 Å². The molecule has 0 radical (unpaired) electrons. The number of nitrogens with zero attached hydrogens (tertiary/aromatic N) is 1. The number of alkyl halides is 2. The van der Waals surface area contributed by atoms with E-state index in [-0.39, 0.29) is 27.8 Å². The largest absolute Gasteiger partial charge is 0.545 e. The fraction of sp³-hybridized carbons (Fsp3) is 0.133. The van der Waals surface area contributed by atoms with Crippen LogP contribution in [0.1, 0.15) is 10.4 Å². The number of hydrogen-bond donors (Lipinski definition) is 1. The fourth-order valence-corrected chi connectivity index (χ4v) is 2.53. The monoisotopic (exact) mass is 353 g/mol. The van der Waals surface area contributed by atoms with Crippen molar-refractivity contribution < 1.29 is 28.2 Å². The standard InChI is InChI=1S/C15H12F2N2O4S/c16-15(17)23-11-6-2-1-5-10(11)19-12(20)8-24-13-9(14(21)22)4-3-7-18-13/h1-7,15H,8H2,(H,19,20)(H,21,22)/p-1. The minimum absolute atomic E-state index is 0.0875. The molecule has 0 aliphatic heterocycles. The number of hydrogen-bond acceptors (Lipinski definition) is 6. The third-order valence-electron chi connectivity index (χ3n) is 2.71. The molecule has 0 bridgehead atoms. The minimum Gasteiger partial charge on any atom is -0.545 e. The first-order chi connectivity index (χ1) is 11.5. The van der Waals surface area contributed by atoms with E-state index in [4.69, 9.17) is 0 Å². The molecule has 1 N–H and O–H groups in total. The van der Waals surface area contributed by atoms with Gasteiger partial charge >= 0.3 is 6.61 Å². The summed E-state index contributed by atoms with van der Waals surface area (Å²) < 4.78 is 28.9. The van der Waals surface area contributed by atoms with Gasteiger partial charge in [-0.05, 0) is 24.3 Å². The van der Waals surface area contributed by atoms with Crippen molar-refractivity contribution in [2.45, 2.75) is 11.6 Å². The molecular formula is C15H11F2N2O4S-. The number of carboxylic acids is 1. The van der Waals surface area contributed by atoms with Crippen LogP contribution in [0.2, 0.25) is 0 Å². The lowest BCUT2D eigenvalue weighted by atomic mass is 10.3. The lowest BCUT2D eigenvalue weighted by Crippen LogP contribution is -2.23. The summed E-state index contributed by atoms with van der Waals surface area (Å²) in [6, 6.07) is 8.49. The van der Waals surface area contributed by atoms with E-state index in [1.54, 1.807) is 6.07 Å². The van der Waals surface area contributed by atoms with Crippen LogP contribution >= 0.6 is 11.8 Å². The van der Waals surface area contributed by atoms with Gasteiger partial charge in [-0.3, -0.25) is 4.79 Å². The molecule has 0 fully saturated rings. The predicted octanol–water partition coefficient (Wildman–Crippen LogP) is 1.78. The second-order valence-corrected chi connectivity index (χ2v) is 5.32. The number of nitrogens with one attached hydrogen (secondary N) is 1. The van der Waals surface area contributed by atoms with Crippen LogP contribution in [0.5, 0.6) is 5.75 Å². The average molecular weight is 353 g/mol. The molecule has 0 saturated carbocycles. The Morgan fingerprint density at radius 3 is 2.71 bits per heavy atom. The number of amides is 1. The molecule has 126 valence electrons. The van der Waals surface area contributed by atoms with Gasteiger partial charge in [0.2, 0.25) is 5.91 Å². The van der Waals surface area contributed by atoms with Gasteiger partial charge < -0.3 is 20.0 Å². The van der Waals surface area contributed by atoms with Crippen LogP contribution in [0, 0.1) is 0 Å². The topological polar surface area (TPSA) is 91.4 Å². The van der Waals surface area contributed by atoms with Crippen molar-refractivity contribution in [3.05, 3.63) is 48.2 Å². The zero-order valence-corrected chi connectivity index (χ0v) is 12.9. The van der Waals surface area contributed by atoms with Gasteiger partial charge in [-0.25, -0.2) is 4.98 Å². The van der Waals surface area contributed by atoms with Crippen LogP contribution in [0.3, 0.4) is 0 Å². The number of carbonyl (C=O) groups excluding carboxylic acids is 2. The number of rotatable bonds is 7. The third kappa shape index (κ3) is 4.92. The first-order valence-corrected chi connectivity index (χ1v) is 7.59. The van der Waals surface area contributed by atoms with Crippen LogP contribution in [-0.4, -0.2) is 29.2 Å². The van der Waals surface area contributed by atoms with Gasteiger partial charge in [0.05, 0.1) is 17.4 Å². The third-order valence-corrected chi connectivity index (χ3v) is 3.71. The molecule has 2 rings (SSSR count). The number of halogens is 2. The second kappa shape index (κ2) is 8.25. The number of thioether (sulfide) groups is 1. The minimum atomic E-state index is -3.02. The van der Waals surface area contributed by atoms with Crippen molar-refractivity contribution in [2.75, 3.05) is 11.1 Å². The number of benzene rings is 1. The van der Waals surface area contributed by atoms with E-state index in [0.717, 1.165) is 11.8 Å². The maximum atomic E-state index is 12.3. The van der Waals surface area contributed by atoms with Gasteiger partial charge in [-0.2, -0.15) is 8.78 Å². The summed E-state index contributed by atoms with van der Waals surface area (Å²) in [5, 5.41) is 13.5. The number of anilines is 1. The summed E-state index contributed by atoms with van der Waals surface area (Å²) >= 11 is 0.890. The number of carboxylic acid groups (broad SMARTS) is 1. The Hall–Kier alpha value is -2.68. The van der Waals surface area contributed by atoms with Crippen LogP contribution < -0.4 is 15.2 Å². The summed E-state index contributed by atoms with van der Waals surface area (Å²) in [6.07, 6.45) is 1.39. The summed E-state index contributed by atoms with van der Waals surface area (Å²) in [6.45, 7) is -3.02. The molecule has 0 unspecified atom stereocenters. The Bertz CT molecular complexity index is 743. The van der Waals surface area contributed by atoms with Crippen LogP contribution in [0.15, 0.2) is 47.6 Å². The molecule has 0 aliphatic rings. The molecule has 1 heterocycles. The molecule has 1 aromatic carbocycles. The van der Waals surface area contributed by atoms with Crippen LogP contribution in [0.4, 0.5) is 14.5 Å². The first kappa shape index (κ1) is 17.7. The Balaban J connectivity index is 2.01. The Labute approximate surface area is 139 Å². The Morgan fingerprint density at radius 1 is 1.25 bits per heavy atom. The molecule has 0 aliphatic carbocycles. The summed E-state index contributed by atoms with van der Waals surface area (Å²) in [4.78, 5) is 26.8. The molecule has 9 heteroatoms. The lowest BCUT2D eigenvalue weighted by Gasteiger charge is -2.12. The average Bonchev–Trinajstić information content (AvgIpc) is 2.54. The quantitative estimate of drug-likeness (QED) is 0.763. The van der Waals surface area contributed by atoms with Crippen molar-refractivity contribution in [3.63, 3.8) is 0 Å². The van der Waals surface area contributed by atoms with Gasteiger partial charge in [0.15, 0.2) is 0 Å². The maximum absolute atomic E-state index is 12.3. The normalized spacial score (nSPS) is 10.5. The SMILES string of the molecule is O=C(CSc1ncccc1C(=O)[O-])Nc1ccccc1OC(F)F. The number of ether oxygens (including phenoxy) is 1. The van der Waals surface area contributed by atoms with Crippen LogP contribution in [0.25, 0.3) is 0 Å². The van der Waals surface area contributed by atoms with Crippen molar-refractivity contribution >= 4 is 29.3 Å². The van der Waals surface area contributed by atoms with E-state index < -0.39 is 18.5 Å². The number of carbonyl (C=O) groups is 2. The van der Waals surface area contributed by atoms with Crippen LogP contribution in [-0.2, 0) is 4.79 Å². The van der Waals surface area contributed by atoms with E-state index in [9.17, 15) is 23.5 Å². The Morgan fingerprint density at radius 2 is 2.00 bits per heavy atom. The summed E-state index contributed by atoms with van der Waals surface area (Å²) in [7, 11) is 0. The number of para-hydroxylation sites is 2.